The molecule has 3 rings (SSSR count). The van der Waals surface area contributed by atoms with Crippen molar-refractivity contribution in [2.45, 2.75) is 32.7 Å². The molecule has 118 valence electrons. The number of hydrogen-bond acceptors (Lipinski definition) is 4. The fourth-order valence-corrected chi connectivity index (χ4v) is 3.08. The van der Waals surface area contributed by atoms with Crippen molar-refractivity contribution in [2.75, 3.05) is 25.0 Å². The minimum absolute atomic E-state index is 0.264. The van der Waals surface area contributed by atoms with Crippen LogP contribution in [0.2, 0.25) is 0 Å². The Hall–Kier alpha value is -2.11. The highest BCUT2D eigenvalue weighted by Gasteiger charge is 2.30. The maximum absolute atomic E-state index is 12.2. The molecule has 0 spiro atoms. The van der Waals surface area contributed by atoms with Crippen LogP contribution in [-0.4, -0.2) is 51.9 Å². The Kier molecular flexibility index (Phi) is 4.00. The number of aromatic nitrogens is 3. The maximum Gasteiger partial charge on any atom is 0.222 e. The first-order valence-corrected chi connectivity index (χ1v) is 7.85. The van der Waals surface area contributed by atoms with Gasteiger partial charge < -0.3 is 14.8 Å². The van der Waals surface area contributed by atoms with Gasteiger partial charge in [-0.2, -0.15) is 0 Å². The van der Waals surface area contributed by atoms with Crippen molar-refractivity contribution < 1.29 is 4.79 Å². The van der Waals surface area contributed by atoms with Gasteiger partial charge in [0, 0.05) is 38.8 Å². The summed E-state index contributed by atoms with van der Waals surface area (Å²) in [5, 5.41) is 1.02. The van der Waals surface area contributed by atoms with Gasteiger partial charge in [-0.3, -0.25) is 4.79 Å². The molecule has 1 fully saturated rings. The first-order chi connectivity index (χ1) is 10.6. The van der Waals surface area contributed by atoms with Gasteiger partial charge in [0.15, 0.2) is 0 Å². The average Bonchev–Trinajstić information content (AvgIpc) is 3.14. The molecule has 1 N–H and O–H groups in total. The molecule has 6 nitrogen and oxygen atoms in total. The second-order valence-corrected chi connectivity index (χ2v) is 6.43. The first kappa shape index (κ1) is 14.8. The second kappa shape index (κ2) is 5.94. The van der Waals surface area contributed by atoms with E-state index in [9.17, 15) is 4.79 Å². The standard InChI is InChI=1S/C16H23N5O/c1-11(2)8-14(22)21-7-5-12(9-21)20(3)16-13-4-6-17-15(13)18-10-19-16/h4,6,10-12H,5,7-9H2,1-3H3,(H,17,18,19)/t12-/m1/s1. The predicted molar refractivity (Wildman–Crippen MR) is 86.7 cm³/mol. The molecule has 0 radical (unpaired) electrons. The summed E-state index contributed by atoms with van der Waals surface area (Å²) in [6.07, 6.45) is 5.08. The Labute approximate surface area is 130 Å². The predicted octanol–water partition coefficient (Wildman–Crippen LogP) is 2.04. The number of rotatable bonds is 4. The van der Waals surface area contributed by atoms with Crippen LogP contribution in [0.15, 0.2) is 18.6 Å². The van der Waals surface area contributed by atoms with Crippen LogP contribution in [0.5, 0.6) is 0 Å². The van der Waals surface area contributed by atoms with E-state index < -0.39 is 0 Å². The third kappa shape index (κ3) is 2.77. The minimum Gasteiger partial charge on any atom is -0.354 e. The summed E-state index contributed by atoms with van der Waals surface area (Å²) in [6.45, 7) is 5.78. The van der Waals surface area contributed by atoms with Crippen LogP contribution in [0.3, 0.4) is 0 Å². The van der Waals surface area contributed by atoms with Gasteiger partial charge in [-0.05, 0) is 18.4 Å². The number of amides is 1. The highest BCUT2D eigenvalue weighted by atomic mass is 16.2. The lowest BCUT2D eigenvalue weighted by Gasteiger charge is -2.26. The molecule has 2 aromatic rings. The van der Waals surface area contributed by atoms with Crippen LogP contribution in [-0.2, 0) is 4.79 Å². The fraction of sp³-hybridized carbons (Fsp3) is 0.562. The number of carbonyl (C=O) groups excluding carboxylic acids is 1. The summed E-state index contributed by atoms with van der Waals surface area (Å²) >= 11 is 0. The monoisotopic (exact) mass is 301 g/mol. The number of H-pyrrole nitrogens is 1. The molecule has 1 amide bonds. The van der Waals surface area contributed by atoms with E-state index in [1.54, 1.807) is 6.33 Å². The molecule has 6 heteroatoms. The fourth-order valence-electron chi connectivity index (χ4n) is 3.08. The van der Waals surface area contributed by atoms with Crippen molar-refractivity contribution in [1.82, 2.24) is 19.9 Å². The van der Waals surface area contributed by atoms with Crippen molar-refractivity contribution >= 4 is 22.8 Å². The van der Waals surface area contributed by atoms with E-state index in [0.29, 0.717) is 18.4 Å². The average molecular weight is 301 g/mol. The number of nitrogens with zero attached hydrogens (tertiary/aromatic N) is 4. The number of likely N-dealkylation sites (tertiary alicyclic amines) is 1. The van der Waals surface area contributed by atoms with Gasteiger partial charge in [0.25, 0.3) is 0 Å². The largest absolute Gasteiger partial charge is 0.354 e. The molecule has 3 heterocycles. The van der Waals surface area contributed by atoms with Gasteiger partial charge in [0.1, 0.15) is 17.8 Å². The number of anilines is 1. The van der Waals surface area contributed by atoms with Gasteiger partial charge in [-0.25, -0.2) is 9.97 Å². The summed E-state index contributed by atoms with van der Waals surface area (Å²) in [4.78, 5) is 28.1. The van der Waals surface area contributed by atoms with Gasteiger partial charge in [-0.1, -0.05) is 13.8 Å². The molecule has 0 saturated carbocycles. The minimum atomic E-state index is 0.264. The molecule has 1 saturated heterocycles. The summed E-state index contributed by atoms with van der Waals surface area (Å²) in [7, 11) is 2.05. The molecule has 0 unspecified atom stereocenters. The van der Waals surface area contributed by atoms with Crippen molar-refractivity contribution in [3.8, 4) is 0 Å². The number of likely N-dealkylation sites (N-methyl/N-ethyl adjacent to an activating group) is 1. The molecular formula is C16H23N5O. The van der Waals surface area contributed by atoms with Crippen molar-refractivity contribution in [3.63, 3.8) is 0 Å². The molecule has 0 aliphatic carbocycles. The van der Waals surface area contributed by atoms with E-state index in [2.05, 4.69) is 40.7 Å². The molecule has 1 atom stereocenters. The van der Waals surface area contributed by atoms with E-state index in [1.807, 2.05) is 17.2 Å². The third-order valence-electron chi connectivity index (χ3n) is 4.31. The normalized spacial score (nSPS) is 18.4. The number of carbonyl (C=O) groups is 1. The van der Waals surface area contributed by atoms with E-state index in [-0.39, 0.29) is 5.91 Å². The van der Waals surface area contributed by atoms with Gasteiger partial charge >= 0.3 is 0 Å². The molecule has 1 aliphatic rings. The quantitative estimate of drug-likeness (QED) is 0.938. The molecule has 1 aliphatic heterocycles. The van der Waals surface area contributed by atoms with Gasteiger partial charge in [-0.15, -0.1) is 0 Å². The Morgan fingerprint density at radius 1 is 1.50 bits per heavy atom. The maximum atomic E-state index is 12.2. The van der Waals surface area contributed by atoms with Crippen molar-refractivity contribution in [2.24, 2.45) is 5.92 Å². The smallest absolute Gasteiger partial charge is 0.222 e. The zero-order chi connectivity index (χ0) is 15.7. The number of fused-ring (bicyclic) bond motifs is 1. The Morgan fingerprint density at radius 3 is 3.09 bits per heavy atom. The Bertz CT molecular complexity index is 665. The van der Waals surface area contributed by atoms with Crippen LogP contribution >= 0.6 is 0 Å². The van der Waals surface area contributed by atoms with Crippen LogP contribution in [0.25, 0.3) is 11.0 Å². The Balaban J connectivity index is 1.73. The van der Waals surface area contributed by atoms with E-state index in [4.69, 9.17) is 0 Å². The van der Waals surface area contributed by atoms with Crippen LogP contribution < -0.4 is 4.90 Å². The molecule has 22 heavy (non-hydrogen) atoms. The summed E-state index contributed by atoms with van der Waals surface area (Å²) in [6, 6.07) is 2.31. The number of nitrogens with one attached hydrogen (secondary N) is 1. The van der Waals surface area contributed by atoms with Crippen LogP contribution in [0.4, 0.5) is 5.82 Å². The SMILES string of the molecule is CC(C)CC(=O)N1CC[C@@H](N(C)c2ncnc3[nH]ccc23)C1. The second-order valence-electron chi connectivity index (χ2n) is 6.43. The highest BCUT2D eigenvalue weighted by molar-refractivity contribution is 5.87. The van der Waals surface area contributed by atoms with Crippen molar-refractivity contribution in [3.05, 3.63) is 18.6 Å². The van der Waals surface area contributed by atoms with Crippen LogP contribution in [0.1, 0.15) is 26.7 Å². The van der Waals surface area contributed by atoms with Crippen LogP contribution in [0, 0.1) is 5.92 Å². The lowest BCUT2D eigenvalue weighted by atomic mass is 10.1. The molecule has 0 bridgehead atoms. The molecular weight excluding hydrogens is 278 g/mol. The van der Waals surface area contributed by atoms with Gasteiger partial charge in [0.2, 0.25) is 5.91 Å². The zero-order valence-electron chi connectivity index (χ0n) is 13.4. The Morgan fingerprint density at radius 2 is 2.32 bits per heavy atom. The topological polar surface area (TPSA) is 65.1 Å². The lowest BCUT2D eigenvalue weighted by Crippen LogP contribution is -2.37. The molecule has 0 aromatic carbocycles. The zero-order valence-corrected chi connectivity index (χ0v) is 13.4. The van der Waals surface area contributed by atoms with E-state index in [1.165, 1.54) is 0 Å². The lowest BCUT2D eigenvalue weighted by molar-refractivity contribution is -0.130. The van der Waals surface area contributed by atoms with Gasteiger partial charge in [0.05, 0.1) is 5.39 Å². The van der Waals surface area contributed by atoms with E-state index >= 15 is 0 Å². The highest BCUT2D eigenvalue weighted by Crippen LogP contribution is 2.26. The van der Waals surface area contributed by atoms with E-state index in [0.717, 1.165) is 36.4 Å². The number of aromatic amines is 1. The summed E-state index contributed by atoms with van der Waals surface area (Å²) in [5.74, 6) is 1.60. The van der Waals surface area contributed by atoms with Crippen molar-refractivity contribution in [1.29, 1.82) is 0 Å². The third-order valence-corrected chi connectivity index (χ3v) is 4.31. The number of hydrogen-bond donors (Lipinski definition) is 1. The summed E-state index contributed by atoms with van der Waals surface area (Å²) < 4.78 is 0. The first-order valence-electron chi connectivity index (χ1n) is 7.85. The summed E-state index contributed by atoms with van der Waals surface area (Å²) in [5.41, 5.74) is 0.850. The molecule has 2 aromatic heterocycles.